The van der Waals surface area contributed by atoms with E-state index in [2.05, 4.69) is 20.6 Å². The fraction of sp³-hybridized carbons (Fsp3) is 0.217. The van der Waals surface area contributed by atoms with Gasteiger partial charge < -0.3 is 14.6 Å². The minimum atomic E-state index is -5.03. The minimum absolute atomic E-state index is 0.0210. The number of carbonyl (C=O) groups is 1. The fourth-order valence-electron chi connectivity index (χ4n) is 3.49. The Morgan fingerprint density at radius 1 is 1.00 bits per heavy atom. The van der Waals surface area contributed by atoms with Gasteiger partial charge in [-0.15, -0.1) is 5.10 Å². The molecule has 0 aliphatic rings. The molecular weight excluding hydrogens is 506 g/mol. The van der Waals surface area contributed by atoms with Crippen LogP contribution < -0.4 is 10.1 Å². The van der Waals surface area contributed by atoms with Crippen LogP contribution in [0.5, 0.6) is 5.75 Å². The molecule has 194 valence electrons. The highest BCUT2D eigenvalue weighted by atomic mass is 19.4. The Hall–Kier alpha value is -4.36. The Morgan fingerprint density at radius 2 is 1.68 bits per heavy atom. The van der Waals surface area contributed by atoms with Crippen molar-refractivity contribution in [1.82, 2.24) is 24.5 Å². The van der Waals surface area contributed by atoms with Gasteiger partial charge in [0.25, 0.3) is 0 Å². The molecule has 0 fully saturated rings. The van der Waals surface area contributed by atoms with Crippen LogP contribution in [0.2, 0.25) is 0 Å². The first-order valence-electron chi connectivity index (χ1n) is 10.5. The number of aryl methyl sites for hydroxylation is 1. The molecule has 0 unspecified atom stereocenters. The molecular formula is C23H18F6N6O2. The summed E-state index contributed by atoms with van der Waals surface area (Å²) in [6.45, 7) is 1.34. The second-order valence-electron chi connectivity index (χ2n) is 7.95. The van der Waals surface area contributed by atoms with E-state index in [0.717, 1.165) is 16.1 Å². The van der Waals surface area contributed by atoms with E-state index in [-0.39, 0.29) is 6.07 Å². The predicted molar refractivity (Wildman–Crippen MR) is 119 cm³/mol. The molecule has 14 heteroatoms. The van der Waals surface area contributed by atoms with Crippen molar-refractivity contribution in [2.75, 3.05) is 12.4 Å². The molecule has 4 aromatic rings. The van der Waals surface area contributed by atoms with Crippen LogP contribution in [0.25, 0.3) is 16.9 Å². The van der Waals surface area contributed by atoms with Crippen molar-refractivity contribution >= 4 is 11.6 Å². The average Bonchev–Trinajstić information content (AvgIpc) is 3.46. The second kappa shape index (κ2) is 9.59. The summed E-state index contributed by atoms with van der Waals surface area (Å²) in [5.41, 5.74) is -1.24. The van der Waals surface area contributed by atoms with E-state index < -0.39 is 41.6 Å². The summed E-state index contributed by atoms with van der Waals surface area (Å²) in [5.74, 6) is -0.389. The maximum atomic E-state index is 13.0. The molecule has 8 nitrogen and oxygen atoms in total. The van der Waals surface area contributed by atoms with Gasteiger partial charge >= 0.3 is 12.4 Å². The lowest BCUT2D eigenvalue weighted by molar-refractivity contribution is -0.143. The minimum Gasteiger partial charge on any atom is -0.495 e. The van der Waals surface area contributed by atoms with Crippen molar-refractivity contribution in [3.63, 3.8) is 0 Å². The van der Waals surface area contributed by atoms with Crippen LogP contribution in [-0.4, -0.2) is 37.6 Å². The number of amides is 1. The average molecular weight is 524 g/mol. The van der Waals surface area contributed by atoms with Gasteiger partial charge in [-0.1, -0.05) is 11.3 Å². The Bertz CT molecular complexity index is 1410. The number of hydrogen-bond donors (Lipinski definition) is 1. The maximum Gasteiger partial charge on any atom is 0.416 e. The van der Waals surface area contributed by atoms with Crippen LogP contribution in [0.1, 0.15) is 16.8 Å². The van der Waals surface area contributed by atoms with Crippen LogP contribution in [0.4, 0.5) is 32.0 Å². The highest BCUT2D eigenvalue weighted by molar-refractivity contribution is 5.90. The molecule has 0 saturated heterocycles. The lowest BCUT2D eigenvalue weighted by Gasteiger charge is -2.14. The molecule has 1 N–H and O–H groups in total. The number of rotatable bonds is 6. The number of methoxy groups -OCH3 is 1. The molecule has 1 amide bonds. The number of hydrogen-bond acceptors (Lipinski definition) is 5. The molecule has 2 aromatic heterocycles. The Kier molecular flexibility index (Phi) is 6.67. The van der Waals surface area contributed by atoms with Gasteiger partial charge in [0.2, 0.25) is 5.91 Å². The van der Waals surface area contributed by atoms with Gasteiger partial charge in [-0.2, -0.15) is 26.3 Å². The van der Waals surface area contributed by atoms with E-state index >= 15 is 0 Å². The molecule has 37 heavy (non-hydrogen) atoms. The number of anilines is 1. The van der Waals surface area contributed by atoms with Gasteiger partial charge in [0, 0.05) is 17.4 Å². The third-order valence-electron chi connectivity index (χ3n) is 5.18. The predicted octanol–water partition coefficient (Wildman–Crippen LogP) is 5.12. The summed E-state index contributed by atoms with van der Waals surface area (Å²) >= 11 is 0. The number of ether oxygens (including phenoxy) is 1. The normalized spacial score (nSPS) is 12.0. The molecule has 0 bridgehead atoms. The molecule has 0 spiro atoms. The molecule has 0 aliphatic carbocycles. The van der Waals surface area contributed by atoms with Crippen molar-refractivity contribution in [3.05, 3.63) is 71.9 Å². The number of aromatic nitrogens is 5. The molecule has 2 heterocycles. The number of benzene rings is 2. The molecule has 0 aliphatic heterocycles. The van der Waals surface area contributed by atoms with E-state index in [1.54, 1.807) is 29.1 Å². The van der Waals surface area contributed by atoms with Gasteiger partial charge in [0.1, 0.15) is 18.0 Å². The smallest absolute Gasteiger partial charge is 0.416 e. The van der Waals surface area contributed by atoms with Gasteiger partial charge in [0.05, 0.1) is 42.1 Å². The van der Waals surface area contributed by atoms with E-state index in [4.69, 9.17) is 4.74 Å². The third kappa shape index (κ3) is 5.90. The SMILES string of the molecule is COc1cc(-c2cn(CC(=O)Nc3cc(C(F)(F)F)cc(C(F)(F)F)c3)nn2)ccc1-n1cnc(C)c1. The van der Waals surface area contributed by atoms with Crippen molar-refractivity contribution in [3.8, 4) is 22.7 Å². The van der Waals surface area contributed by atoms with Crippen molar-refractivity contribution < 1.29 is 35.9 Å². The number of nitrogens with zero attached hydrogens (tertiary/aromatic N) is 5. The number of alkyl halides is 6. The van der Waals surface area contributed by atoms with Crippen LogP contribution in [0.3, 0.4) is 0 Å². The molecule has 0 saturated carbocycles. The zero-order valence-corrected chi connectivity index (χ0v) is 19.2. The largest absolute Gasteiger partial charge is 0.495 e. The number of imidazole rings is 1. The Morgan fingerprint density at radius 3 is 2.24 bits per heavy atom. The zero-order chi connectivity index (χ0) is 27.0. The van der Waals surface area contributed by atoms with E-state index in [0.29, 0.717) is 29.1 Å². The van der Waals surface area contributed by atoms with Crippen LogP contribution in [-0.2, 0) is 23.7 Å². The Labute approximate surface area is 205 Å². The number of carbonyl (C=O) groups excluding carboxylic acids is 1. The summed E-state index contributed by atoms with van der Waals surface area (Å²) in [6.07, 6.45) is -5.22. The highest BCUT2D eigenvalue weighted by Gasteiger charge is 2.37. The summed E-state index contributed by atoms with van der Waals surface area (Å²) in [6, 6.07) is 6.04. The van der Waals surface area contributed by atoms with Gasteiger partial charge in [-0.05, 0) is 37.3 Å². The monoisotopic (exact) mass is 524 g/mol. The van der Waals surface area contributed by atoms with E-state index in [1.165, 1.54) is 13.3 Å². The molecule has 0 atom stereocenters. The first-order chi connectivity index (χ1) is 17.3. The topological polar surface area (TPSA) is 86.9 Å². The second-order valence-corrected chi connectivity index (χ2v) is 7.95. The standard InChI is InChI=1S/C23H18F6N6O2/c1-13-9-34(12-30-13)19-4-3-14(5-20(19)37-2)18-10-35(33-32-18)11-21(36)31-17-7-15(22(24,25)26)6-16(8-17)23(27,28)29/h3-10,12H,11H2,1-2H3,(H,31,36). The maximum absolute atomic E-state index is 13.0. The van der Waals surface area contributed by atoms with Gasteiger partial charge in [-0.25, -0.2) is 9.67 Å². The fourth-order valence-corrected chi connectivity index (χ4v) is 3.49. The van der Waals surface area contributed by atoms with E-state index in [1.807, 2.05) is 13.1 Å². The summed E-state index contributed by atoms with van der Waals surface area (Å²) in [7, 11) is 1.49. The van der Waals surface area contributed by atoms with Crippen LogP contribution in [0.15, 0.2) is 55.1 Å². The number of nitrogens with one attached hydrogen (secondary N) is 1. The lowest BCUT2D eigenvalue weighted by Crippen LogP contribution is -2.20. The quantitative estimate of drug-likeness (QED) is 0.354. The van der Waals surface area contributed by atoms with Gasteiger partial charge in [0.15, 0.2) is 0 Å². The first kappa shape index (κ1) is 25.7. The molecule has 0 radical (unpaired) electrons. The summed E-state index contributed by atoms with van der Waals surface area (Å²) in [5, 5.41) is 9.85. The van der Waals surface area contributed by atoms with Crippen LogP contribution >= 0.6 is 0 Å². The van der Waals surface area contributed by atoms with Crippen molar-refractivity contribution in [2.45, 2.75) is 25.8 Å². The summed E-state index contributed by atoms with van der Waals surface area (Å²) in [4.78, 5) is 16.5. The molecule has 2 aromatic carbocycles. The van der Waals surface area contributed by atoms with Crippen molar-refractivity contribution in [1.29, 1.82) is 0 Å². The summed E-state index contributed by atoms with van der Waals surface area (Å²) < 4.78 is 86.6. The lowest BCUT2D eigenvalue weighted by atomic mass is 10.1. The first-order valence-corrected chi connectivity index (χ1v) is 10.5. The zero-order valence-electron chi connectivity index (χ0n) is 19.2. The number of halogens is 6. The van der Waals surface area contributed by atoms with E-state index in [9.17, 15) is 31.1 Å². The van der Waals surface area contributed by atoms with Gasteiger partial charge in [-0.3, -0.25) is 4.79 Å². The third-order valence-corrected chi connectivity index (χ3v) is 5.18. The van der Waals surface area contributed by atoms with Crippen LogP contribution in [0, 0.1) is 6.92 Å². The highest BCUT2D eigenvalue weighted by Crippen LogP contribution is 2.37. The Balaban J connectivity index is 1.51. The van der Waals surface area contributed by atoms with Crippen molar-refractivity contribution in [2.24, 2.45) is 0 Å². The molecule has 4 rings (SSSR count).